The van der Waals surface area contributed by atoms with Gasteiger partial charge in [0, 0.05) is 18.3 Å². The highest BCUT2D eigenvalue weighted by Gasteiger charge is 2.46. The van der Waals surface area contributed by atoms with E-state index in [9.17, 15) is 15.0 Å². The van der Waals surface area contributed by atoms with Gasteiger partial charge in [-0.3, -0.25) is 0 Å². The summed E-state index contributed by atoms with van der Waals surface area (Å²) in [6.07, 6.45) is 1.12. The Morgan fingerprint density at radius 3 is 1.83 bits per heavy atom. The summed E-state index contributed by atoms with van der Waals surface area (Å²) >= 11 is 0. The molecule has 0 spiro atoms. The quantitative estimate of drug-likeness (QED) is 0.545. The van der Waals surface area contributed by atoms with Crippen molar-refractivity contribution in [2.45, 2.75) is 58.8 Å². The number of hydrogen-bond acceptors (Lipinski definition) is 6. The van der Waals surface area contributed by atoms with Gasteiger partial charge in [-0.15, -0.1) is 0 Å². The molecule has 6 nitrogen and oxygen atoms in total. The molecule has 2 aromatic carbocycles. The maximum absolute atomic E-state index is 12.7. The molecule has 0 heterocycles. The van der Waals surface area contributed by atoms with Crippen LogP contribution in [0.15, 0.2) is 48.5 Å². The Kier molecular flexibility index (Phi) is 8.25. The molecule has 0 bridgehead atoms. The van der Waals surface area contributed by atoms with Gasteiger partial charge in [-0.05, 0) is 82.5 Å². The molecule has 0 saturated carbocycles. The van der Waals surface area contributed by atoms with E-state index >= 15 is 0 Å². The van der Waals surface area contributed by atoms with Gasteiger partial charge in [0.15, 0.2) is 0 Å². The van der Waals surface area contributed by atoms with Gasteiger partial charge in [-0.25, -0.2) is 4.79 Å². The lowest BCUT2D eigenvalue weighted by Gasteiger charge is -2.32. The maximum Gasteiger partial charge on any atom is 0.568 e. The first-order valence-electron chi connectivity index (χ1n) is 9.85. The molecule has 0 fully saturated rings. The van der Waals surface area contributed by atoms with Crippen LogP contribution in [0.3, 0.4) is 0 Å². The zero-order chi connectivity index (χ0) is 21.4. The molecular weight excluding hydrogens is 388 g/mol. The van der Waals surface area contributed by atoms with Crippen LogP contribution in [0.2, 0.25) is 6.04 Å². The minimum Gasteiger partial charge on any atom is -0.508 e. The number of carbonyl (C=O) groups excluding carboxylic acids is 1. The lowest BCUT2D eigenvalue weighted by atomic mass is 10.1. The van der Waals surface area contributed by atoms with Gasteiger partial charge in [-0.2, -0.15) is 0 Å². The Hall–Kier alpha value is -2.35. The number of carbonyl (C=O) groups is 1. The van der Waals surface area contributed by atoms with Crippen LogP contribution < -0.4 is 0 Å². The van der Waals surface area contributed by atoms with Crippen LogP contribution in [-0.4, -0.2) is 37.2 Å². The average molecular weight is 419 g/mol. The first-order valence-corrected chi connectivity index (χ1v) is 11.8. The van der Waals surface area contributed by atoms with E-state index in [1.165, 1.54) is 24.3 Å². The highest BCUT2D eigenvalue weighted by atomic mass is 28.4. The molecule has 2 N–H and O–H groups in total. The average Bonchev–Trinajstić information content (AvgIpc) is 2.62. The summed E-state index contributed by atoms with van der Waals surface area (Å²) in [5.74, 6) is -0.218. The predicted molar refractivity (Wildman–Crippen MR) is 113 cm³/mol. The fourth-order valence-electron chi connectivity index (χ4n) is 2.93. The predicted octanol–water partition coefficient (Wildman–Crippen LogP) is 4.68. The molecule has 158 valence electrons. The monoisotopic (exact) mass is 418 g/mol. The van der Waals surface area contributed by atoms with E-state index in [1.54, 1.807) is 12.1 Å². The molecule has 0 radical (unpaired) electrons. The van der Waals surface area contributed by atoms with Crippen molar-refractivity contribution in [3.05, 3.63) is 59.7 Å². The van der Waals surface area contributed by atoms with E-state index in [0.717, 1.165) is 12.0 Å². The molecule has 0 aliphatic heterocycles. The Balaban J connectivity index is 2.16. The zero-order valence-electron chi connectivity index (χ0n) is 17.4. The van der Waals surface area contributed by atoms with Gasteiger partial charge < -0.3 is 23.5 Å². The highest BCUT2D eigenvalue weighted by Crippen LogP contribution is 2.25. The van der Waals surface area contributed by atoms with Crippen molar-refractivity contribution < 1.29 is 28.3 Å². The van der Waals surface area contributed by atoms with Crippen LogP contribution in [0.1, 0.15) is 50.0 Å². The number of phenols is 2. The number of aromatic hydroxyl groups is 2. The lowest BCUT2D eigenvalue weighted by molar-refractivity contribution is 0.0185. The fourth-order valence-corrected chi connectivity index (χ4v) is 5.87. The molecule has 0 amide bonds. The first-order chi connectivity index (χ1) is 13.7. The summed E-state index contributed by atoms with van der Waals surface area (Å²) in [4.78, 5) is 12.7. The van der Waals surface area contributed by atoms with Crippen molar-refractivity contribution in [3.63, 3.8) is 0 Å². The maximum atomic E-state index is 12.7. The number of aryl methyl sites for hydroxylation is 1. The second kappa shape index (κ2) is 10.4. The molecule has 0 atom stereocenters. The van der Waals surface area contributed by atoms with Gasteiger partial charge in [-0.1, -0.05) is 12.1 Å². The van der Waals surface area contributed by atoms with Crippen molar-refractivity contribution in [1.82, 2.24) is 0 Å². The van der Waals surface area contributed by atoms with Gasteiger partial charge in [0.2, 0.25) is 0 Å². The Morgan fingerprint density at radius 2 is 1.34 bits per heavy atom. The number of phenolic OH excluding ortho intramolecular Hbond substituents is 2. The molecule has 0 saturated heterocycles. The van der Waals surface area contributed by atoms with Gasteiger partial charge in [0.25, 0.3) is 0 Å². The van der Waals surface area contributed by atoms with E-state index in [-0.39, 0.29) is 23.7 Å². The third kappa shape index (κ3) is 7.53. The summed E-state index contributed by atoms with van der Waals surface area (Å²) in [5.41, 5.74) is 1.41. The minimum absolute atomic E-state index is 0.0795. The van der Waals surface area contributed by atoms with Crippen LogP contribution in [0, 0.1) is 0 Å². The van der Waals surface area contributed by atoms with E-state index in [4.69, 9.17) is 13.3 Å². The molecule has 0 aliphatic carbocycles. The smallest absolute Gasteiger partial charge is 0.508 e. The van der Waals surface area contributed by atoms with E-state index in [2.05, 4.69) is 0 Å². The lowest BCUT2D eigenvalue weighted by Crippen LogP contribution is -2.50. The Labute approximate surface area is 173 Å². The van der Waals surface area contributed by atoms with Crippen LogP contribution in [-0.2, 0) is 19.7 Å². The summed E-state index contributed by atoms with van der Waals surface area (Å²) in [6.45, 7) is 7.55. The number of hydrogen-bond donors (Lipinski definition) is 2. The van der Waals surface area contributed by atoms with Crippen LogP contribution in [0.25, 0.3) is 0 Å². The van der Waals surface area contributed by atoms with E-state index in [0.29, 0.717) is 18.0 Å². The SMILES string of the molecule is CC(C)O[Si](CCCc1ccc(O)cc1)(OC(=O)c1ccc(O)cc1)OC(C)C. The summed E-state index contributed by atoms with van der Waals surface area (Å²) in [5, 5.41) is 18.9. The molecule has 0 aliphatic rings. The van der Waals surface area contributed by atoms with Crippen molar-refractivity contribution >= 4 is 14.8 Å². The molecule has 7 heteroatoms. The summed E-state index contributed by atoms with van der Waals surface area (Å²) < 4.78 is 18.1. The van der Waals surface area contributed by atoms with E-state index in [1.807, 2.05) is 39.8 Å². The Morgan fingerprint density at radius 1 is 0.862 bits per heavy atom. The normalized spacial score (nSPS) is 11.8. The van der Waals surface area contributed by atoms with Crippen LogP contribution in [0.4, 0.5) is 0 Å². The van der Waals surface area contributed by atoms with Crippen molar-refractivity contribution in [1.29, 1.82) is 0 Å². The molecule has 29 heavy (non-hydrogen) atoms. The third-order valence-electron chi connectivity index (χ3n) is 4.07. The zero-order valence-corrected chi connectivity index (χ0v) is 18.4. The largest absolute Gasteiger partial charge is 0.568 e. The van der Waals surface area contributed by atoms with Crippen LogP contribution >= 0.6 is 0 Å². The highest BCUT2D eigenvalue weighted by molar-refractivity contribution is 6.62. The second-order valence-electron chi connectivity index (χ2n) is 7.47. The summed E-state index contributed by atoms with van der Waals surface area (Å²) in [6, 6.07) is 13.4. The topological polar surface area (TPSA) is 85.2 Å². The van der Waals surface area contributed by atoms with Gasteiger partial charge in [0.1, 0.15) is 11.5 Å². The van der Waals surface area contributed by atoms with Gasteiger partial charge >= 0.3 is 14.8 Å². The van der Waals surface area contributed by atoms with Crippen molar-refractivity contribution in [3.8, 4) is 11.5 Å². The molecule has 2 aromatic rings. The van der Waals surface area contributed by atoms with Crippen molar-refractivity contribution in [2.24, 2.45) is 0 Å². The van der Waals surface area contributed by atoms with Gasteiger partial charge in [0.05, 0.1) is 5.56 Å². The minimum atomic E-state index is -3.31. The fraction of sp³-hybridized carbons (Fsp3) is 0.409. The number of rotatable bonds is 10. The second-order valence-corrected chi connectivity index (χ2v) is 10.0. The first kappa shape index (κ1) is 22.9. The molecule has 2 rings (SSSR count). The molecular formula is C22H30O6Si. The number of benzene rings is 2. The standard InChI is InChI=1S/C22H30O6Si/c1-16(2)26-29(27-17(3)4,15-5-6-18-7-11-20(23)12-8-18)28-22(25)19-9-13-21(24)14-10-19/h7-14,16-17,23-24H,5-6,15H2,1-4H3. The molecule has 0 unspecified atom stereocenters. The van der Waals surface area contributed by atoms with Crippen LogP contribution in [0.5, 0.6) is 11.5 Å². The van der Waals surface area contributed by atoms with E-state index < -0.39 is 14.8 Å². The third-order valence-corrected chi connectivity index (χ3v) is 7.19. The molecule has 0 aromatic heterocycles. The summed E-state index contributed by atoms with van der Waals surface area (Å²) in [7, 11) is -3.31. The Bertz CT molecular complexity index is 761. The van der Waals surface area contributed by atoms with Crippen molar-refractivity contribution in [2.75, 3.05) is 0 Å².